The van der Waals surface area contributed by atoms with Crippen molar-refractivity contribution in [3.05, 3.63) is 41.3 Å². The zero-order valence-corrected chi connectivity index (χ0v) is 13.0. The third-order valence-corrected chi connectivity index (χ3v) is 3.17. The van der Waals surface area contributed by atoms with E-state index in [-0.39, 0.29) is 5.82 Å². The Morgan fingerprint density at radius 1 is 1.29 bits per heavy atom. The van der Waals surface area contributed by atoms with E-state index in [1.807, 2.05) is 14.0 Å². The summed E-state index contributed by atoms with van der Waals surface area (Å²) in [6.45, 7) is 7.93. The van der Waals surface area contributed by atoms with E-state index in [4.69, 9.17) is 4.74 Å². The summed E-state index contributed by atoms with van der Waals surface area (Å²) in [5.74, 6) is 1.60. The van der Waals surface area contributed by atoms with Gasteiger partial charge in [-0.25, -0.2) is 9.07 Å². The molecule has 0 spiro atoms. The maximum absolute atomic E-state index is 12.9. The van der Waals surface area contributed by atoms with Gasteiger partial charge in [-0.3, -0.25) is 0 Å². The van der Waals surface area contributed by atoms with E-state index in [2.05, 4.69) is 24.3 Å². The van der Waals surface area contributed by atoms with Gasteiger partial charge in [0.15, 0.2) is 0 Å². The molecule has 0 amide bonds. The van der Waals surface area contributed by atoms with Gasteiger partial charge in [-0.05, 0) is 43.7 Å². The Morgan fingerprint density at radius 3 is 2.57 bits per heavy atom. The molecule has 0 aliphatic rings. The van der Waals surface area contributed by atoms with Crippen LogP contribution < -0.4 is 10.1 Å². The average molecular weight is 291 g/mol. The minimum atomic E-state index is -0.276. The van der Waals surface area contributed by atoms with Crippen LogP contribution in [0, 0.1) is 18.7 Å². The number of ether oxygens (including phenoxy) is 1. The molecule has 4 nitrogen and oxygen atoms in total. The van der Waals surface area contributed by atoms with Gasteiger partial charge in [0, 0.05) is 13.6 Å². The predicted octanol–water partition coefficient (Wildman–Crippen LogP) is 3.41. The van der Waals surface area contributed by atoms with Crippen molar-refractivity contribution in [1.82, 2.24) is 15.1 Å². The first-order valence-corrected chi connectivity index (χ1v) is 7.14. The van der Waals surface area contributed by atoms with E-state index >= 15 is 0 Å². The van der Waals surface area contributed by atoms with Crippen molar-refractivity contribution in [2.45, 2.75) is 27.3 Å². The third-order valence-electron chi connectivity index (χ3n) is 3.17. The van der Waals surface area contributed by atoms with Gasteiger partial charge in [-0.1, -0.05) is 13.8 Å². The molecule has 0 aliphatic carbocycles. The van der Waals surface area contributed by atoms with Gasteiger partial charge in [0.25, 0.3) is 0 Å². The normalized spacial score (nSPS) is 11.1. The number of hydrogen-bond donors (Lipinski definition) is 1. The molecule has 1 aromatic carbocycles. The van der Waals surface area contributed by atoms with E-state index in [0.29, 0.717) is 24.1 Å². The summed E-state index contributed by atoms with van der Waals surface area (Å²) in [6.07, 6.45) is 0. The highest BCUT2D eigenvalue weighted by atomic mass is 19.1. The van der Waals surface area contributed by atoms with Crippen molar-refractivity contribution >= 4 is 0 Å². The molecule has 0 aliphatic heterocycles. The standard InChI is InChI=1S/C16H22FN3O/c1-11(2)9-18-10-15-12(3)19-20(4)16(15)21-14-7-5-13(17)6-8-14/h5-8,11,18H,9-10H2,1-4H3. The number of aromatic nitrogens is 2. The van der Waals surface area contributed by atoms with Gasteiger partial charge in [0.2, 0.25) is 5.88 Å². The van der Waals surface area contributed by atoms with E-state index in [1.165, 1.54) is 12.1 Å². The lowest BCUT2D eigenvalue weighted by Crippen LogP contribution is -2.19. The van der Waals surface area contributed by atoms with Crippen molar-refractivity contribution in [2.75, 3.05) is 6.54 Å². The van der Waals surface area contributed by atoms with E-state index < -0.39 is 0 Å². The number of rotatable bonds is 6. The van der Waals surface area contributed by atoms with Crippen LogP contribution in [0.25, 0.3) is 0 Å². The Kier molecular flexibility index (Phi) is 4.96. The molecule has 0 saturated heterocycles. The van der Waals surface area contributed by atoms with Gasteiger partial charge in [-0.15, -0.1) is 0 Å². The summed E-state index contributed by atoms with van der Waals surface area (Å²) in [7, 11) is 1.85. The summed E-state index contributed by atoms with van der Waals surface area (Å²) in [4.78, 5) is 0. The van der Waals surface area contributed by atoms with Crippen LogP contribution in [0.3, 0.4) is 0 Å². The molecular formula is C16H22FN3O. The fourth-order valence-electron chi connectivity index (χ4n) is 2.11. The molecule has 0 radical (unpaired) electrons. The van der Waals surface area contributed by atoms with Crippen LogP contribution in [0.1, 0.15) is 25.1 Å². The summed E-state index contributed by atoms with van der Waals surface area (Å²) >= 11 is 0. The fourth-order valence-corrected chi connectivity index (χ4v) is 2.11. The van der Waals surface area contributed by atoms with E-state index in [9.17, 15) is 4.39 Å². The Bertz CT molecular complexity index is 590. The predicted molar refractivity (Wildman–Crippen MR) is 81.0 cm³/mol. The summed E-state index contributed by atoms with van der Waals surface area (Å²) in [5, 5.41) is 7.80. The van der Waals surface area contributed by atoms with Crippen LogP contribution in [0.4, 0.5) is 4.39 Å². The lowest BCUT2D eigenvalue weighted by molar-refractivity contribution is 0.421. The first kappa shape index (κ1) is 15.5. The molecule has 2 aromatic rings. The molecule has 2 rings (SSSR count). The topological polar surface area (TPSA) is 39.1 Å². The zero-order valence-electron chi connectivity index (χ0n) is 13.0. The van der Waals surface area contributed by atoms with Crippen LogP contribution in [0.2, 0.25) is 0 Å². The van der Waals surface area contributed by atoms with Gasteiger partial charge >= 0.3 is 0 Å². The van der Waals surface area contributed by atoms with E-state index in [1.54, 1.807) is 16.8 Å². The van der Waals surface area contributed by atoms with Gasteiger partial charge in [0.1, 0.15) is 11.6 Å². The number of halogens is 1. The second-order valence-corrected chi connectivity index (χ2v) is 5.57. The Balaban J connectivity index is 2.16. The number of benzene rings is 1. The highest BCUT2D eigenvalue weighted by Gasteiger charge is 2.15. The first-order chi connectivity index (χ1) is 9.97. The highest BCUT2D eigenvalue weighted by molar-refractivity contribution is 5.35. The summed E-state index contributed by atoms with van der Waals surface area (Å²) in [6, 6.07) is 6.00. The Labute approximate surface area is 124 Å². The lowest BCUT2D eigenvalue weighted by Gasteiger charge is -2.11. The van der Waals surface area contributed by atoms with Crippen LogP contribution in [-0.4, -0.2) is 16.3 Å². The number of nitrogens with one attached hydrogen (secondary N) is 1. The maximum Gasteiger partial charge on any atom is 0.222 e. The van der Waals surface area contributed by atoms with Crippen LogP contribution >= 0.6 is 0 Å². The highest BCUT2D eigenvalue weighted by Crippen LogP contribution is 2.27. The SMILES string of the molecule is Cc1nn(C)c(Oc2ccc(F)cc2)c1CNCC(C)C. The number of hydrogen-bond acceptors (Lipinski definition) is 3. The Morgan fingerprint density at radius 2 is 1.95 bits per heavy atom. The van der Waals surface area contributed by atoms with Crippen molar-refractivity contribution in [3.63, 3.8) is 0 Å². The monoisotopic (exact) mass is 291 g/mol. The number of aryl methyl sites for hydroxylation is 2. The molecule has 0 fully saturated rings. The molecule has 21 heavy (non-hydrogen) atoms. The molecule has 0 bridgehead atoms. The van der Waals surface area contributed by atoms with Crippen molar-refractivity contribution in [3.8, 4) is 11.6 Å². The van der Waals surface area contributed by atoms with Crippen LogP contribution in [0.5, 0.6) is 11.6 Å². The van der Waals surface area contributed by atoms with Crippen molar-refractivity contribution in [2.24, 2.45) is 13.0 Å². The molecule has 1 heterocycles. The quantitative estimate of drug-likeness (QED) is 0.886. The Hall–Kier alpha value is -1.88. The molecule has 0 atom stereocenters. The zero-order chi connectivity index (χ0) is 15.4. The maximum atomic E-state index is 12.9. The summed E-state index contributed by atoms with van der Waals surface area (Å²) < 4.78 is 20.5. The molecule has 114 valence electrons. The first-order valence-electron chi connectivity index (χ1n) is 7.14. The van der Waals surface area contributed by atoms with E-state index in [0.717, 1.165) is 17.8 Å². The minimum absolute atomic E-state index is 0.276. The number of nitrogens with zero attached hydrogens (tertiary/aromatic N) is 2. The fraction of sp³-hybridized carbons (Fsp3) is 0.438. The van der Waals surface area contributed by atoms with Crippen molar-refractivity contribution < 1.29 is 9.13 Å². The van der Waals surface area contributed by atoms with Gasteiger partial charge in [-0.2, -0.15) is 5.10 Å². The van der Waals surface area contributed by atoms with Gasteiger partial charge < -0.3 is 10.1 Å². The summed E-state index contributed by atoms with van der Waals surface area (Å²) in [5.41, 5.74) is 1.97. The minimum Gasteiger partial charge on any atom is -0.439 e. The second kappa shape index (κ2) is 6.72. The molecule has 1 aromatic heterocycles. The molecular weight excluding hydrogens is 269 g/mol. The molecule has 0 saturated carbocycles. The smallest absolute Gasteiger partial charge is 0.222 e. The average Bonchev–Trinajstić information content (AvgIpc) is 2.68. The third kappa shape index (κ3) is 4.04. The molecule has 0 unspecified atom stereocenters. The molecule has 1 N–H and O–H groups in total. The van der Waals surface area contributed by atoms with Crippen LogP contribution in [-0.2, 0) is 13.6 Å². The molecule has 5 heteroatoms. The second-order valence-electron chi connectivity index (χ2n) is 5.57. The van der Waals surface area contributed by atoms with Crippen LogP contribution in [0.15, 0.2) is 24.3 Å². The van der Waals surface area contributed by atoms with Crippen molar-refractivity contribution in [1.29, 1.82) is 0 Å². The lowest BCUT2D eigenvalue weighted by atomic mass is 10.2. The largest absolute Gasteiger partial charge is 0.439 e. The van der Waals surface area contributed by atoms with Gasteiger partial charge in [0.05, 0.1) is 11.3 Å².